The number of carbonyl (C=O) groups is 1. The SMILES string of the molecule is CSc1nc(C)c(CCC(=O)Nc2nc(-c3ccccc3OC(F)F)cs2)c(=O)[nH]1. The monoisotopic (exact) mass is 452 g/mol. The number of aromatic nitrogens is 3. The van der Waals surface area contributed by atoms with Crippen molar-refractivity contribution >= 4 is 34.1 Å². The highest BCUT2D eigenvalue weighted by Crippen LogP contribution is 2.33. The number of benzene rings is 1. The van der Waals surface area contributed by atoms with Gasteiger partial charge in [-0.2, -0.15) is 8.78 Å². The molecule has 1 aromatic carbocycles. The van der Waals surface area contributed by atoms with Gasteiger partial charge in [0.25, 0.3) is 5.56 Å². The summed E-state index contributed by atoms with van der Waals surface area (Å²) in [6.45, 7) is -1.22. The van der Waals surface area contributed by atoms with Crippen LogP contribution in [0, 0.1) is 6.92 Å². The molecule has 30 heavy (non-hydrogen) atoms. The number of thioether (sulfide) groups is 1. The van der Waals surface area contributed by atoms with Gasteiger partial charge in [-0.05, 0) is 31.7 Å². The summed E-state index contributed by atoms with van der Waals surface area (Å²) in [5.74, 6) is -0.313. The van der Waals surface area contributed by atoms with Gasteiger partial charge in [0.1, 0.15) is 5.75 Å². The number of halogens is 2. The summed E-state index contributed by atoms with van der Waals surface area (Å²) < 4.78 is 29.7. The standard InChI is InChI=1S/C19H18F2N4O3S2/c1-10-11(16(27)25-18(22-10)29-2)7-8-15(26)24-19-23-13(9-30-19)12-5-3-4-6-14(12)28-17(20)21/h3-6,9,17H,7-8H2,1-2H3,(H,22,25,27)(H,23,24,26). The zero-order chi connectivity index (χ0) is 21.7. The number of para-hydroxylation sites is 1. The third-order valence-electron chi connectivity index (χ3n) is 4.13. The van der Waals surface area contributed by atoms with Crippen LogP contribution >= 0.6 is 23.1 Å². The lowest BCUT2D eigenvalue weighted by Gasteiger charge is -2.08. The summed E-state index contributed by atoms with van der Waals surface area (Å²) in [6, 6.07) is 6.30. The fraction of sp³-hybridized carbons (Fsp3) is 0.263. The Hall–Kier alpha value is -2.79. The third kappa shape index (κ3) is 5.42. The van der Waals surface area contributed by atoms with Gasteiger partial charge in [-0.25, -0.2) is 9.97 Å². The first-order valence-electron chi connectivity index (χ1n) is 8.80. The molecule has 0 bridgehead atoms. The minimum Gasteiger partial charge on any atom is -0.434 e. The van der Waals surface area contributed by atoms with Crippen LogP contribution in [0.3, 0.4) is 0 Å². The number of hydrogen-bond acceptors (Lipinski definition) is 7. The van der Waals surface area contributed by atoms with Crippen LogP contribution < -0.4 is 15.6 Å². The van der Waals surface area contributed by atoms with Crippen LogP contribution in [0.1, 0.15) is 17.7 Å². The lowest BCUT2D eigenvalue weighted by atomic mass is 10.1. The zero-order valence-electron chi connectivity index (χ0n) is 16.1. The second-order valence-electron chi connectivity index (χ2n) is 6.10. The van der Waals surface area contributed by atoms with E-state index in [1.807, 2.05) is 6.26 Å². The predicted octanol–water partition coefficient (Wildman–Crippen LogP) is 4.10. The number of ether oxygens (including phenoxy) is 1. The number of rotatable bonds is 8. The average Bonchev–Trinajstić information content (AvgIpc) is 3.15. The van der Waals surface area contributed by atoms with E-state index in [0.717, 1.165) is 11.3 Å². The summed E-state index contributed by atoms with van der Waals surface area (Å²) in [5, 5.41) is 5.16. The van der Waals surface area contributed by atoms with Gasteiger partial charge in [0.15, 0.2) is 10.3 Å². The van der Waals surface area contributed by atoms with Gasteiger partial charge >= 0.3 is 6.61 Å². The van der Waals surface area contributed by atoms with Crippen molar-refractivity contribution in [3.05, 3.63) is 51.3 Å². The van der Waals surface area contributed by atoms with Crippen LogP contribution in [0.25, 0.3) is 11.3 Å². The number of carbonyl (C=O) groups excluding carboxylic acids is 1. The lowest BCUT2D eigenvalue weighted by molar-refractivity contribution is -0.116. The highest BCUT2D eigenvalue weighted by Gasteiger charge is 2.15. The van der Waals surface area contributed by atoms with E-state index in [0.29, 0.717) is 32.8 Å². The number of aromatic amines is 1. The molecular formula is C19H18F2N4O3S2. The fourth-order valence-electron chi connectivity index (χ4n) is 2.73. The van der Waals surface area contributed by atoms with Gasteiger partial charge in [0.05, 0.1) is 5.69 Å². The van der Waals surface area contributed by atoms with Gasteiger partial charge in [0.2, 0.25) is 5.91 Å². The molecule has 0 unspecified atom stereocenters. The number of amides is 1. The summed E-state index contributed by atoms with van der Waals surface area (Å²) >= 11 is 2.50. The van der Waals surface area contributed by atoms with E-state index in [9.17, 15) is 18.4 Å². The van der Waals surface area contributed by atoms with Crippen LogP contribution in [0.15, 0.2) is 39.6 Å². The smallest absolute Gasteiger partial charge is 0.387 e. The Morgan fingerprint density at radius 2 is 2.10 bits per heavy atom. The molecule has 158 valence electrons. The molecular weight excluding hydrogens is 434 g/mol. The minimum atomic E-state index is -2.95. The molecule has 2 aromatic heterocycles. The lowest BCUT2D eigenvalue weighted by Crippen LogP contribution is -2.20. The molecule has 0 aliphatic carbocycles. The number of H-pyrrole nitrogens is 1. The van der Waals surface area contributed by atoms with E-state index in [1.54, 1.807) is 30.5 Å². The van der Waals surface area contributed by atoms with Gasteiger partial charge in [0, 0.05) is 28.6 Å². The summed E-state index contributed by atoms with van der Waals surface area (Å²) in [4.78, 5) is 35.7. The zero-order valence-corrected chi connectivity index (χ0v) is 17.7. The highest BCUT2D eigenvalue weighted by molar-refractivity contribution is 7.98. The Morgan fingerprint density at radius 3 is 2.80 bits per heavy atom. The first kappa shape index (κ1) is 21.9. The molecule has 2 N–H and O–H groups in total. The Labute approximate surface area is 178 Å². The van der Waals surface area contributed by atoms with E-state index in [4.69, 9.17) is 0 Å². The minimum absolute atomic E-state index is 0.00608. The maximum atomic E-state index is 12.6. The number of alkyl halides is 2. The molecule has 2 heterocycles. The number of hydrogen-bond donors (Lipinski definition) is 2. The summed E-state index contributed by atoms with van der Waals surface area (Å²) in [6.07, 6.45) is 2.12. The number of nitrogens with one attached hydrogen (secondary N) is 2. The van der Waals surface area contributed by atoms with E-state index in [2.05, 4.69) is 25.0 Å². The molecule has 1 amide bonds. The predicted molar refractivity (Wildman–Crippen MR) is 113 cm³/mol. The van der Waals surface area contributed by atoms with E-state index in [1.165, 1.54) is 17.8 Å². The largest absolute Gasteiger partial charge is 0.434 e. The molecule has 11 heteroatoms. The number of thiazole rings is 1. The maximum absolute atomic E-state index is 12.6. The molecule has 0 aliphatic rings. The molecule has 3 aromatic rings. The molecule has 0 fully saturated rings. The Bertz CT molecular complexity index is 1100. The molecule has 3 rings (SSSR count). The topological polar surface area (TPSA) is 97.0 Å². The molecule has 0 spiro atoms. The van der Waals surface area contributed by atoms with Crippen molar-refractivity contribution < 1.29 is 18.3 Å². The highest BCUT2D eigenvalue weighted by atomic mass is 32.2. The van der Waals surface area contributed by atoms with Crippen molar-refractivity contribution in [2.75, 3.05) is 11.6 Å². The van der Waals surface area contributed by atoms with Gasteiger partial charge in [-0.1, -0.05) is 23.9 Å². The van der Waals surface area contributed by atoms with Crippen LogP contribution in [0.2, 0.25) is 0 Å². The number of aryl methyl sites for hydroxylation is 1. The van der Waals surface area contributed by atoms with Crippen molar-refractivity contribution in [3.8, 4) is 17.0 Å². The van der Waals surface area contributed by atoms with Crippen LogP contribution in [-0.4, -0.2) is 33.7 Å². The number of nitrogens with zero attached hydrogens (tertiary/aromatic N) is 2. The first-order chi connectivity index (χ1) is 14.4. The summed E-state index contributed by atoms with van der Waals surface area (Å²) in [7, 11) is 0. The van der Waals surface area contributed by atoms with Crippen molar-refractivity contribution in [2.45, 2.75) is 31.5 Å². The Balaban J connectivity index is 1.66. The second kappa shape index (κ2) is 9.81. The van der Waals surface area contributed by atoms with Crippen LogP contribution in [0.4, 0.5) is 13.9 Å². The van der Waals surface area contributed by atoms with Crippen molar-refractivity contribution in [1.29, 1.82) is 0 Å². The fourth-order valence-corrected chi connectivity index (χ4v) is 3.88. The van der Waals surface area contributed by atoms with Crippen molar-refractivity contribution in [1.82, 2.24) is 15.0 Å². The average molecular weight is 453 g/mol. The van der Waals surface area contributed by atoms with Crippen molar-refractivity contribution in [3.63, 3.8) is 0 Å². The quantitative estimate of drug-likeness (QED) is 0.395. The maximum Gasteiger partial charge on any atom is 0.387 e. The van der Waals surface area contributed by atoms with Gasteiger partial charge in [-0.3, -0.25) is 9.59 Å². The van der Waals surface area contributed by atoms with E-state index >= 15 is 0 Å². The first-order valence-corrected chi connectivity index (χ1v) is 10.9. The normalized spacial score (nSPS) is 11.0. The molecule has 0 aliphatic heterocycles. The second-order valence-corrected chi connectivity index (χ2v) is 7.75. The van der Waals surface area contributed by atoms with Crippen LogP contribution in [-0.2, 0) is 11.2 Å². The van der Waals surface area contributed by atoms with Gasteiger partial charge in [-0.15, -0.1) is 11.3 Å². The molecule has 0 saturated carbocycles. The molecule has 7 nitrogen and oxygen atoms in total. The van der Waals surface area contributed by atoms with Crippen LogP contribution in [0.5, 0.6) is 5.75 Å². The van der Waals surface area contributed by atoms with Gasteiger partial charge < -0.3 is 15.0 Å². The van der Waals surface area contributed by atoms with Crippen molar-refractivity contribution in [2.24, 2.45) is 0 Å². The summed E-state index contributed by atoms with van der Waals surface area (Å²) in [5.41, 5.74) is 1.60. The van der Waals surface area contributed by atoms with E-state index in [-0.39, 0.29) is 30.1 Å². The molecule has 0 saturated heterocycles. The Kier molecular flexibility index (Phi) is 7.16. The molecule has 0 radical (unpaired) electrons. The third-order valence-corrected chi connectivity index (χ3v) is 5.46. The Morgan fingerprint density at radius 1 is 1.33 bits per heavy atom. The number of anilines is 1. The molecule has 0 atom stereocenters. The van der Waals surface area contributed by atoms with E-state index < -0.39 is 6.61 Å².